The van der Waals surface area contributed by atoms with Gasteiger partial charge in [-0.2, -0.15) is 0 Å². The molecule has 0 amide bonds. The van der Waals surface area contributed by atoms with Gasteiger partial charge in [-0.15, -0.1) is 0 Å². The summed E-state index contributed by atoms with van der Waals surface area (Å²) in [4.78, 5) is 0. The molecule has 1 fully saturated rings. The third-order valence-corrected chi connectivity index (χ3v) is 6.31. The average Bonchev–Trinajstić information content (AvgIpc) is 2.91. The molecule has 2 aliphatic carbocycles. The molecule has 0 radical (unpaired) electrons. The summed E-state index contributed by atoms with van der Waals surface area (Å²) in [5.74, 6) is 0.927. The van der Waals surface area contributed by atoms with E-state index in [1.54, 1.807) is 11.1 Å². The maximum atomic E-state index is 3.96. The molecule has 0 saturated heterocycles. The highest BCUT2D eigenvalue weighted by Gasteiger charge is 2.33. The molecule has 1 atom stereocenters. The summed E-state index contributed by atoms with van der Waals surface area (Å²) in [6.45, 7) is 7.26. The van der Waals surface area contributed by atoms with Gasteiger partial charge in [0.25, 0.3) is 0 Å². The van der Waals surface area contributed by atoms with Crippen LogP contribution in [0.1, 0.15) is 76.5 Å². The lowest BCUT2D eigenvalue weighted by Gasteiger charge is -2.39. The molecular weight excluding hydrogens is 254 g/mol. The van der Waals surface area contributed by atoms with Crippen molar-refractivity contribution in [1.29, 1.82) is 0 Å². The van der Waals surface area contributed by atoms with Crippen LogP contribution in [0, 0.1) is 11.3 Å². The van der Waals surface area contributed by atoms with Gasteiger partial charge in [-0.05, 0) is 61.0 Å². The molecule has 2 aliphatic rings. The Hall–Kier alpha value is -0.820. The SMILES string of the molecule is CCC(C)(C)C1CCC(NC2CCc3ccccc32)CC1. The standard InChI is InChI=1S/C20H31N/c1-4-20(2,3)16-10-12-17(13-11-16)21-19-14-9-15-7-5-6-8-18(15)19/h5-8,16-17,19,21H,4,9-14H2,1-3H3. The molecule has 1 unspecified atom stereocenters. The highest BCUT2D eigenvalue weighted by molar-refractivity contribution is 5.34. The monoisotopic (exact) mass is 285 g/mol. The largest absolute Gasteiger partial charge is 0.307 e. The molecule has 1 nitrogen and oxygen atoms in total. The first kappa shape index (κ1) is 15.1. The molecule has 1 heteroatoms. The number of fused-ring (bicyclic) bond motifs is 1. The van der Waals surface area contributed by atoms with Crippen molar-refractivity contribution in [2.24, 2.45) is 11.3 Å². The normalized spacial score (nSPS) is 29.4. The fraction of sp³-hybridized carbons (Fsp3) is 0.700. The molecule has 21 heavy (non-hydrogen) atoms. The molecule has 0 aromatic heterocycles. The lowest BCUT2D eigenvalue weighted by molar-refractivity contribution is 0.134. The van der Waals surface area contributed by atoms with Crippen LogP contribution in [-0.4, -0.2) is 6.04 Å². The van der Waals surface area contributed by atoms with Crippen molar-refractivity contribution in [3.63, 3.8) is 0 Å². The van der Waals surface area contributed by atoms with Crippen molar-refractivity contribution in [2.45, 2.75) is 77.8 Å². The molecule has 1 aromatic rings. The molecule has 116 valence electrons. The quantitative estimate of drug-likeness (QED) is 0.796. The number of nitrogens with one attached hydrogen (secondary N) is 1. The van der Waals surface area contributed by atoms with Crippen molar-refractivity contribution in [1.82, 2.24) is 5.32 Å². The minimum absolute atomic E-state index is 0.533. The minimum atomic E-state index is 0.533. The molecule has 0 spiro atoms. The first-order valence-corrected chi connectivity index (χ1v) is 8.94. The average molecular weight is 285 g/mol. The summed E-state index contributed by atoms with van der Waals surface area (Å²) in [6, 6.07) is 10.4. The lowest BCUT2D eigenvalue weighted by Crippen LogP contribution is -2.38. The fourth-order valence-electron chi connectivity index (χ4n) is 4.35. The fourth-order valence-corrected chi connectivity index (χ4v) is 4.35. The van der Waals surface area contributed by atoms with E-state index in [1.807, 2.05) is 0 Å². The number of aryl methyl sites for hydroxylation is 1. The van der Waals surface area contributed by atoms with Crippen LogP contribution in [0.2, 0.25) is 0 Å². The van der Waals surface area contributed by atoms with Crippen molar-refractivity contribution in [3.05, 3.63) is 35.4 Å². The van der Waals surface area contributed by atoms with Gasteiger partial charge in [-0.25, -0.2) is 0 Å². The van der Waals surface area contributed by atoms with Crippen LogP contribution in [0.3, 0.4) is 0 Å². The Balaban J connectivity index is 1.55. The van der Waals surface area contributed by atoms with Crippen LogP contribution < -0.4 is 5.32 Å². The van der Waals surface area contributed by atoms with Crippen LogP contribution in [0.4, 0.5) is 0 Å². The van der Waals surface area contributed by atoms with Crippen LogP contribution >= 0.6 is 0 Å². The molecule has 0 bridgehead atoms. The second kappa shape index (κ2) is 6.12. The Morgan fingerprint density at radius 1 is 1.05 bits per heavy atom. The van der Waals surface area contributed by atoms with Crippen LogP contribution in [0.25, 0.3) is 0 Å². The van der Waals surface area contributed by atoms with E-state index >= 15 is 0 Å². The first-order valence-electron chi connectivity index (χ1n) is 8.94. The molecule has 1 aromatic carbocycles. The van der Waals surface area contributed by atoms with E-state index in [0.29, 0.717) is 11.5 Å². The van der Waals surface area contributed by atoms with Crippen molar-refractivity contribution >= 4 is 0 Å². The predicted octanol–water partition coefficient (Wildman–Crippen LogP) is 5.26. The highest BCUT2D eigenvalue weighted by atomic mass is 15.0. The predicted molar refractivity (Wildman–Crippen MR) is 90.5 cm³/mol. The number of rotatable bonds is 4. The van der Waals surface area contributed by atoms with E-state index in [0.717, 1.165) is 12.0 Å². The Morgan fingerprint density at radius 3 is 2.48 bits per heavy atom. The third kappa shape index (κ3) is 3.18. The zero-order valence-electron chi connectivity index (χ0n) is 14.0. The van der Waals surface area contributed by atoms with E-state index in [2.05, 4.69) is 50.4 Å². The summed E-state index contributed by atoms with van der Waals surface area (Å²) >= 11 is 0. The van der Waals surface area contributed by atoms with Gasteiger partial charge in [-0.1, -0.05) is 51.5 Å². The highest BCUT2D eigenvalue weighted by Crippen LogP contribution is 2.41. The Labute approximate surface area is 130 Å². The van der Waals surface area contributed by atoms with Crippen LogP contribution in [0.15, 0.2) is 24.3 Å². The van der Waals surface area contributed by atoms with E-state index < -0.39 is 0 Å². The smallest absolute Gasteiger partial charge is 0.0328 e. The van der Waals surface area contributed by atoms with Gasteiger partial charge < -0.3 is 5.32 Å². The van der Waals surface area contributed by atoms with Crippen LogP contribution in [0.5, 0.6) is 0 Å². The third-order valence-electron chi connectivity index (χ3n) is 6.31. The van der Waals surface area contributed by atoms with E-state index in [9.17, 15) is 0 Å². The lowest BCUT2D eigenvalue weighted by atomic mass is 9.69. The maximum Gasteiger partial charge on any atom is 0.0328 e. The molecule has 0 heterocycles. The zero-order chi connectivity index (χ0) is 14.9. The van der Waals surface area contributed by atoms with Gasteiger partial charge in [0.2, 0.25) is 0 Å². The van der Waals surface area contributed by atoms with Crippen LogP contribution in [-0.2, 0) is 6.42 Å². The number of hydrogen-bond donors (Lipinski definition) is 1. The van der Waals surface area contributed by atoms with Crippen molar-refractivity contribution < 1.29 is 0 Å². The van der Waals surface area contributed by atoms with Gasteiger partial charge in [0.15, 0.2) is 0 Å². The van der Waals surface area contributed by atoms with Gasteiger partial charge >= 0.3 is 0 Å². The number of hydrogen-bond acceptors (Lipinski definition) is 1. The molecule has 1 N–H and O–H groups in total. The summed E-state index contributed by atoms with van der Waals surface area (Å²) < 4.78 is 0. The van der Waals surface area contributed by atoms with Gasteiger partial charge in [0.1, 0.15) is 0 Å². The molecule has 0 aliphatic heterocycles. The summed E-state index contributed by atoms with van der Waals surface area (Å²) in [6.07, 6.45) is 9.41. The maximum absolute atomic E-state index is 3.96. The summed E-state index contributed by atoms with van der Waals surface area (Å²) in [5, 5.41) is 3.96. The van der Waals surface area contributed by atoms with E-state index in [-0.39, 0.29) is 0 Å². The first-order chi connectivity index (χ1) is 10.1. The Bertz CT molecular complexity index is 468. The van der Waals surface area contributed by atoms with E-state index in [4.69, 9.17) is 0 Å². The minimum Gasteiger partial charge on any atom is -0.307 e. The Kier molecular flexibility index (Phi) is 4.40. The second-order valence-corrected chi connectivity index (χ2v) is 7.85. The number of benzene rings is 1. The molecule has 3 rings (SSSR count). The molecule has 1 saturated carbocycles. The van der Waals surface area contributed by atoms with E-state index in [1.165, 1.54) is 44.9 Å². The zero-order valence-corrected chi connectivity index (χ0v) is 14.0. The summed E-state index contributed by atoms with van der Waals surface area (Å²) in [5.41, 5.74) is 3.66. The second-order valence-electron chi connectivity index (χ2n) is 7.85. The van der Waals surface area contributed by atoms with Crippen molar-refractivity contribution in [2.75, 3.05) is 0 Å². The van der Waals surface area contributed by atoms with Gasteiger partial charge in [0.05, 0.1) is 0 Å². The molecular formula is C20H31N. The summed E-state index contributed by atoms with van der Waals surface area (Å²) in [7, 11) is 0. The topological polar surface area (TPSA) is 12.0 Å². The van der Waals surface area contributed by atoms with Crippen molar-refractivity contribution in [3.8, 4) is 0 Å². The Morgan fingerprint density at radius 2 is 1.76 bits per heavy atom. The van der Waals surface area contributed by atoms with Gasteiger partial charge in [-0.3, -0.25) is 0 Å². The van der Waals surface area contributed by atoms with Gasteiger partial charge in [0, 0.05) is 12.1 Å².